The maximum absolute atomic E-state index is 4.94. The molecular weight excluding hydrogens is 159 g/mol. The van der Waals surface area contributed by atoms with Crippen LogP contribution in [-0.4, -0.2) is 36.3 Å². The second kappa shape index (κ2) is 11.1. The molecule has 0 atom stereocenters. The number of ether oxygens (including phenoxy) is 1. The molecule has 8 heavy (non-hydrogen) atoms. The van der Waals surface area contributed by atoms with Gasteiger partial charge in [0.25, 0.3) is 0 Å². The molecule has 1 saturated heterocycles. The van der Waals surface area contributed by atoms with Crippen LogP contribution in [0.3, 0.4) is 0 Å². The van der Waals surface area contributed by atoms with Crippen molar-refractivity contribution in [2.75, 3.05) is 13.2 Å². The zero-order chi connectivity index (χ0) is 3.54. The smallest absolute Gasteiger partial charge is 1.00 e. The summed E-state index contributed by atoms with van der Waals surface area (Å²) in [5, 5.41) is 0. The Labute approximate surface area is 78.5 Å². The first-order valence-corrected chi connectivity index (χ1v) is 2.08. The van der Waals surface area contributed by atoms with Crippen LogP contribution >= 0.6 is 0 Å². The maximum Gasteiger partial charge on any atom is 2.00 e. The maximum atomic E-state index is 4.94. The van der Waals surface area contributed by atoms with Gasteiger partial charge in [-0.05, 0) is 12.8 Å². The van der Waals surface area contributed by atoms with Gasteiger partial charge in [-0.2, -0.15) is 0 Å². The van der Waals surface area contributed by atoms with Crippen LogP contribution in [0.25, 0.3) is 0 Å². The largest absolute Gasteiger partial charge is 2.00 e. The second-order valence-corrected chi connectivity index (χ2v) is 1.32. The van der Waals surface area contributed by atoms with Crippen LogP contribution in [0.5, 0.6) is 0 Å². The van der Waals surface area contributed by atoms with Gasteiger partial charge in [0.2, 0.25) is 0 Å². The fourth-order valence-corrected chi connectivity index (χ4v) is 0.510. The summed E-state index contributed by atoms with van der Waals surface area (Å²) in [6.45, 7) is 2.00. The van der Waals surface area contributed by atoms with Gasteiger partial charge in [-0.15, -0.1) is 0 Å². The zero-order valence-electron chi connectivity index (χ0n) is 4.70. The summed E-state index contributed by atoms with van der Waals surface area (Å²) < 4.78 is 4.94. The van der Waals surface area contributed by atoms with E-state index in [2.05, 4.69) is 0 Å². The average Bonchev–Trinajstić information content (AvgIpc) is 1.76. The van der Waals surface area contributed by atoms with Gasteiger partial charge >= 0.3 is 23.1 Å². The third kappa shape index (κ3) is 7.31. The van der Waals surface area contributed by atoms with Crippen LogP contribution in [0, 0.1) is 0 Å². The Morgan fingerprint density at radius 1 is 0.875 bits per heavy atom. The molecule has 0 unspecified atom stereocenters. The molecule has 0 aromatic carbocycles. The predicted molar refractivity (Wildman–Crippen MR) is 25.8 cm³/mol. The van der Waals surface area contributed by atoms with Crippen molar-refractivity contribution in [3.8, 4) is 0 Å². The summed E-state index contributed by atoms with van der Waals surface area (Å²) in [6, 6.07) is 0. The second-order valence-electron chi connectivity index (χ2n) is 1.32. The molecule has 1 heterocycles. The third-order valence-corrected chi connectivity index (χ3v) is 0.827. The summed E-state index contributed by atoms with van der Waals surface area (Å²) in [6.07, 6.45) is 2.56. The Kier molecular flexibility index (Phi) is 22.5. The molecule has 1 aliphatic rings. The van der Waals surface area contributed by atoms with Crippen molar-refractivity contribution >= 4 is 23.1 Å². The van der Waals surface area contributed by atoms with E-state index in [-0.39, 0.29) is 47.9 Å². The summed E-state index contributed by atoms with van der Waals surface area (Å²) in [5.41, 5.74) is 0. The van der Waals surface area contributed by atoms with Gasteiger partial charge in [-0.3, -0.25) is 0 Å². The fraction of sp³-hybridized carbons (Fsp3) is 1.00. The Morgan fingerprint density at radius 2 is 1.25 bits per heavy atom. The van der Waals surface area contributed by atoms with Crippen molar-refractivity contribution in [2.45, 2.75) is 12.8 Å². The van der Waals surface area contributed by atoms with E-state index in [0.29, 0.717) is 0 Å². The van der Waals surface area contributed by atoms with Gasteiger partial charge in [-0.1, -0.05) is 0 Å². The quantitative estimate of drug-likeness (QED) is 0.327. The van der Waals surface area contributed by atoms with E-state index < -0.39 is 0 Å². The average molecular weight is 167 g/mol. The van der Waals surface area contributed by atoms with Gasteiger partial charge in [0.05, 0.1) is 0 Å². The van der Waals surface area contributed by atoms with Gasteiger partial charge in [0.15, 0.2) is 0 Å². The monoisotopic (exact) mass is 166 g/mol. The van der Waals surface area contributed by atoms with Crippen LogP contribution in [0.2, 0.25) is 0 Å². The van der Waals surface area contributed by atoms with Gasteiger partial charge in [0.1, 0.15) is 0 Å². The number of rotatable bonds is 0. The molecule has 1 rings (SSSR count). The molecule has 1 nitrogen and oxygen atoms in total. The van der Waals surface area contributed by atoms with E-state index in [9.17, 15) is 0 Å². The van der Waals surface area contributed by atoms with Crippen molar-refractivity contribution in [2.24, 2.45) is 0 Å². The molecule has 4 heteroatoms. The minimum Gasteiger partial charge on any atom is -1.00 e. The van der Waals surface area contributed by atoms with Crippen LogP contribution in [0.15, 0.2) is 0 Å². The van der Waals surface area contributed by atoms with Crippen molar-refractivity contribution in [1.29, 1.82) is 0 Å². The Bertz CT molecular complexity index is 25.6. The SMILES string of the molecule is C1CCOC1.[Cl-].[Cl-].[Mg+2]. The van der Waals surface area contributed by atoms with Crippen LogP contribution in [-0.2, 0) is 4.74 Å². The minimum atomic E-state index is 0. The molecule has 0 aromatic rings. The summed E-state index contributed by atoms with van der Waals surface area (Å²) in [5.74, 6) is 0. The molecule has 0 bridgehead atoms. The predicted octanol–water partition coefficient (Wildman–Crippen LogP) is -5.58. The third-order valence-electron chi connectivity index (χ3n) is 0.827. The van der Waals surface area contributed by atoms with Crippen molar-refractivity contribution < 1.29 is 29.6 Å². The Balaban J connectivity index is -0.0000000833. The molecule has 0 radical (unpaired) electrons. The van der Waals surface area contributed by atoms with Crippen LogP contribution in [0.4, 0.5) is 0 Å². The number of halogens is 2. The summed E-state index contributed by atoms with van der Waals surface area (Å²) in [7, 11) is 0. The van der Waals surface area contributed by atoms with Crippen molar-refractivity contribution in [1.82, 2.24) is 0 Å². The molecule has 1 fully saturated rings. The molecule has 0 amide bonds. The molecule has 0 N–H and O–H groups in total. The van der Waals surface area contributed by atoms with E-state index in [4.69, 9.17) is 4.74 Å². The topological polar surface area (TPSA) is 9.23 Å². The van der Waals surface area contributed by atoms with E-state index in [1.165, 1.54) is 12.8 Å². The van der Waals surface area contributed by atoms with Crippen molar-refractivity contribution in [3.05, 3.63) is 0 Å². The number of hydrogen-bond donors (Lipinski definition) is 0. The van der Waals surface area contributed by atoms with Gasteiger partial charge in [-0.25, -0.2) is 0 Å². The normalized spacial score (nSPS) is 15.0. The first-order chi connectivity index (χ1) is 2.50. The van der Waals surface area contributed by atoms with E-state index in [1.807, 2.05) is 0 Å². The fourth-order valence-electron chi connectivity index (χ4n) is 0.510. The zero-order valence-corrected chi connectivity index (χ0v) is 7.63. The summed E-state index contributed by atoms with van der Waals surface area (Å²) >= 11 is 0. The molecule has 0 aromatic heterocycles. The molecule has 0 saturated carbocycles. The molecular formula is C4H8Cl2MgO. The molecule has 0 aliphatic carbocycles. The number of hydrogen-bond acceptors (Lipinski definition) is 1. The molecule has 46 valence electrons. The first kappa shape index (κ1) is 16.1. The van der Waals surface area contributed by atoms with Crippen LogP contribution in [0.1, 0.15) is 12.8 Å². The first-order valence-electron chi connectivity index (χ1n) is 2.08. The molecule has 1 aliphatic heterocycles. The Morgan fingerprint density at radius 3 is 1.38 bits per heavy atom. The molecule has 0 spiro atoms. The van der Waals surface area contributed by atoms with E-state index in [1.54, 1.807) is 0 Å². The van der Waals surface area contributed by atoms with Crippen LogP contribution < -0.4 is 24.8 Å². The van der Waals surface area contributed by atoms with E-state index in [0.717, 1.165) is 13.2 Å². The minimum absolute atomic E-state index is 0. The summed E-state index contributed by atoms with van der Waals surface area (Å²) in [4.78, 5) is 0. The van der Waals surface area contributed by atoms with Crippen molar-refractivity contribution in [3.63, 3.8) is 0 Å². The van der Waals surface area contributed by atoms with E-state index >= 15 is 0 Å². The Hall–Kier alpha value is 1.31. The standard InChI is InChI=1S/C4H8O.2ClH.Mg/c1-2-4-5-3-1;;;/h1-4H2;2*1H;/q;;;+2/p-2. The van der Waals surface area contributed by atoms with Gasteiger partial charge in [0, 0.05) is 13.2 Å². The van der Waals surface area contributed by atoms with Gasteiger partial charge < -0.3 is 29.6 Å².